The zero-order valence-electron chi connectivity index (χ0n) is 11.8. The monoisotopic (exact) mass is 299 g/mol. The van der Waals surface area contributed by atoms with Crippen LogP contribution in [0.25, 0.3) is 11.6 Å². The normalized spacial score (nSPS) is 11.2. The zero-order chi connectivity index (χ0) is 14.9. The Hall–Kier alpha value is -2.06. The van der Waals surface area contributed by atoms with Crippen LogP contribution in [0.15, 0.2) is 60.7 Å². The largest absolute Gasteiger partial charge is 0.352 e. The highest BCUT2D eigenvalue weighted by Crippen LogP contribution is 2.18. The molecule has 2 aromatic rings. The third kappa shape index (κ3) is 4.76. The van der Waals surface area contributed by atoms with E-state index in [1.165, 1.54) is 0 Å². The Kier molecular flexibility index (Phi) is 6.04. The van der Waals surface area contributed by atoms with Crippen molar-refractivity contribution in [1.29, 1.82) is 0 Å². The van der Waals surface area contributed by atoms with Crippen molar-refractivity contribution in [1.82, 2.24) is 5.32 Å². The van der Waals surface area contributed by atoms with Gasteiger partial charge in [-0.1, -0.05) is 60.7 Å². The first-order valence-electron chi connectivity index (χ1n) is 6.97. The molecule has 1 N–H and O–H groups in total. The van der Waals surface area contributed by atoms with E-state index in [1.807, 2.05) is 66.7 Å². The van der Waals surface area contributed by atoms with Gasteiger partial charge in [-0.2, -0.15) is 0 Å². The third-order valence-corrected chi connectivity index (χ3v) is 3.30. The Labute approximate surface area is 130 Å². The van der Waals surface area contributed by atoms with Gasteiger partial charge in [0.15, 0.2) is 0 Å². The van der Waals surface area contributed by atoms with Crippen molar-refractivity contribution < 1.29 is 4.79 Å². The number of amides is 1. The average molecular weight is 300 g/mol. The molecule has 0 aliphatic heterocycles. The summed E-state index contributed by atoms with van der Waals surface area (Å²) in [6, 6.07) is 19.5. The number of carbonyl (C=O) groups is 1. The number of hydrogen-bond donors (Lipinski definition) is 1. The minimum absolute atomic E-state index is 0.0739. The third-order valence-electron chi connectivity index (χ3n) is 3.04. The minimum Gasteiger partial charge on any atom is -0.352 e. The van der Waals surface area contributed by atoms with Crippen LogP contribution in [0, 0.1) is 0 Å². The molecule has 0 aliphatic rings. The summed E-state index contributed by atoms with van der Waals surface area (Å²) in [7, 11) is 0. The molecule has 0 unspecified atom stereocenters. The first-order valence-corrected chi connectivity index (χ1v) is 7.51. The topological polar surface area (TPSA) is 29.1 Å². The molecule has 0 heterocycles. The number of carbonyl (C=O) groups excluding carboxylic acids is 1. The molecular weight excluding hydrogens is 282 g/mol. The fourth-order valence-electron chi connectivity index (χ4n) is 1.98. The molecule has 2 aromatic carbocycles. The average Bonchev–Trinajstić information content (AvgIpc) is 2.54. The molecule has 0 aromatic heterocycles. The lowest BCUT2D eigenvalue weighted by Crippen LogP contribution is -2.25. The first-order chi connectivity index (χ1) is 10.3. The van der Waals surface area contributed by atoms with Crippen LogP contribution in [0.2, 0.25) is 0 Å². The summed E-state index contributed by atoms with van der Waals surface area (Å²) in [5.41, 5.74) is 2.57. The van der Waals surface area contributed by atoms with Gasteiger partial charge in [0, 0.05) is 18.0 Å². The predicted octanol–water partition coefficient (Wildman–Crippen LogP) is 3.97. The summed E-state index contributed by atoms with van der Waals surface area (Å²) >= 11 is 5.65. The summed E-state index contributed by atoms with van der Waals surface area (Å²) in [5.74, 6) is 0.471. The molecule has 0 spiro atoms. The fraction of sp³-hybridized carbons (Fsp3) is 0.167. The molecule has 0 saturated carbocycles. The van der Waals surface area contributed by atoms with Crippen molar-refractivity contribution >= 4 is 29.2 Å². The Bertz CT molecular complexity index is 593. The van der Waals surface area contributed by atoms with Crippen LogP contribution in [-0.4, -0.2) is 18.3 Å². The van der Waals surface area contributed by atoms with Crippen LogP contribution in [0.1, 0.15) is 17.5 Å². The van der Waals surface area contributed by atoms with E-state index in [-0.39, 0.29) is 5.91 Å². The van der Waals surface area contributed by atoms with Gasteiger partial charge < -0.3 is 5.32 Å². The van der Waals surface area contributed by atoms with Crippen LogP contribution in [0.5, 0.6) is 0 Å². The van der Waals surface area contributed by atoms with Gasteiger partial charge in [0.05, 0.1) is 0 Å². The molecule has 0 aliphatic carbocycles. The Morgan fingerprint density at radius 1 is 1.00 bits per heavy atom. The van der Waals surface area contributed by atoms with E-state index in [4.69, 9.17) is 11.6 Å². The maximum Gasteiger partial charge on any atom is 0.251 e. The second-order valence-corrected chi connectivity index (χ2v) is 5.01. The van der Waals surface area contributed by atoms with Crippen LogP contribution in [-0.2, 0) is 4.79 Å². The van der Waals surface area contributed by atoms with Crippen LogP contribution >= 0.6 is 11.6 Å². The van der Waals surface area contributed by atoms with Gasteiger partial charge in [-0.3, -0.25) is 4.79 Å². The van der Waals surface area contributed by atoms with E-state index in [1.54, 1.807) is 0 Å². The molecule has 21 heavy (non-hydrogen) atoms. The second kappa shape index (κ2) is 8.28. The van der Waals surface area contributed by atoms with E-state index in [0.29, 0.717) is 18.0 Å². The van der Waals surface area contributed by atoms with Crippen LogP contribution < -0.4 is 5.32 Å². The lowest BCUT2D eigenvalue weighted by atomic mass is 10.0. The molecule has 0 bridgehead atoms. The molecular formula is C18H18ClNO. The maximum atomic E-state index is 12.4. The predicted molar refractivity (Wildman–Crippen MR) is 89.1 cm³/mol. The minimum atomic E-state index is -0.0739. The number of halogens is 1. The molecule has 0 fully saturated rings. The van der Waals surface area contributed by atoms with E-state index in [2.05, 4.69) is 5.32 Å². The van der Waals surface area contributed by atoms with E-state index < -0.39 is 0 Å². The highest BCUT2D eigenvalue weighted by atomic mass is 35.5. The fourth-order valence-corrected chi connectivity index (χ4v) is 2.11. The maximum absolute atomic E-state index is 12.4. The lowest BCUT2D eigenvalue weighted by Gasteiger charge is -2.09. The summed E-state index contributed by atoms with van der Waals surface area (Å²) in [6.07, 6.45) is 2.67. The number of hydrogen-bond acceptors (Lipinski definition) is 1. The summed E-state index contributed by atoms with van der Waals surface area (Å²) < 4.78 is 0. The molecule has 2 rings (SSSR count). The van der Waals surface area contributed by atoms with Gasteiger partial charge in [0.2, 0.25) is 0 Å². The van der Waals surface area contributed by atoms with E-state index in [9.17, 15) is 4.79 Å². The van der Waals surface area contributed by atoms with Crippen LogP contribution in [0.3, 0.4) is 0 Å². The van der Waals surface area contributed by atoms with Gasteiger partial charge in [-0.25, -0.2) is 0 Å². The van der Waals surface area contributed by atoms with Gasteiger partial charge >= 0.3 is 0 Å². The van der Waals surface area contributed by atoms with Gasteiger partial charge in [0.1, 0.15) is 0 Å². The smallest absolute Gasteiger partial charge is 0.251 e. The number of nitrogens with one attached hydrogen (secondary N) is 1. The quantitative estimate of drug-likeness (QED) is 0.372. The molecule has 2 nitrogen and oxygen atoms in total. The van der Waals surface area contributed by atoms with Crippen molar-refractivity contribution in [2.75, 3.05) is 12.4 Å². The number of benzene rings is 2. The van der Waals surface area contributed by atoms with Gasteiger partial charge in [-0.15, -0.1) is 11.6 Å². The standard InChI is InChI=1S/C18H18ClNO/c19-12-7-13-20-18(21)17(16-10-5-2-6-11-16)14-15-8-3-1-4-9-15/h1-6,8-11,14H,7,12-13H2,(H,20,21)/b17-14-. The molecule has 0 radical (unpaired) electrons. The Balaban J connectivity index is 2.27. The molecule has 1 amide bonds. The lowest BCUT2D eigenvalue weighted by molar-refractivity contribution is -0.115. The van der Waals surface area contributed by atoms with E-state index >= 15 is 0 Å². The van der Waals surface area contributed by atoms with Crippen molar-refractivity contribution in [2.24, 2.45) is 0 Å². The van der Waals surface area contributed by atoms with Gasteiger partial charge in [-0.05, 0) is 23.6 Å². The highest BCUT2D eigenvalue weighted by Gasteiger charge is 2.11. The van der Waals surface area contributed by atoms with Gasteiger partial charge in [0.25, 0.3) is 5.91 Å². The number of rotatable bonds is 6. The van der Waals surface area contributed by atoms with Crippen molar-refractivity contribution in [2.45, 2.75) is 6.42 Å². The molecule has 3 heteroatoms. The van der Waals surface area contributed by atoms with Crippen molar-refractivity contribution in [3.63, 3.8) is 0 Å². The second-order valence-electron chi connectivity index (χ2n) is 4.63. The molecule has 108 valence electrons. The summed E-state index contributed by atoms with van der Waals surface area (Å²) in [4.78, 5) is 12.4. The SMILES string of the molecule is O=C(NCCCCl)/C(=C\c1ccccc1)c1ccccc1. The van der Waals surface area contributed by atoms with Crippen LogP contribution in [0.4, 0.5) is 0 Å². The molecule has 0 saturated heterocycles. The highest BCUT2D eigenvalue weighted by molar-refractivity contribution is 6.24. The number of alkyl halides is 1. The molecule has 0 atom stereocenters. The van der Waals surface area contributed by atoms with E-state index in [0.717, 1.165) is 17.5 Å². The summed E-state index contributed by atoms with van der Waals surface area (Å²) in [6.45, 7) is 0.585. The Morgan fingerprint density at radius 2 is 1.62 bits per heavy atom. The Morgan fingerprint density at radius 3 is 2.24 bits per heavy atom. The summed E-state index contributed by atoms with van der Waals surface area (Å²) in [5, 5.41) is 2.91. The van der Waals surface area contributed by atoms with Crippen molar-refractivity contribution in [3.8, 4) is 0 Å². The van der Waals surface area contributed by atoms with Crippen molar-refractivity contribution in [3.05, 3.63) is 71.8 Å². The first kappa shape index (κ1) is 15.3. The zero-order valence-corrected chi connectivity index (χ0v) is 12.5.